The van der Waals surface area contributed by atoms with Gasteiger partial charge in [0.2, 0.25) is 0 Å². The van der Waals surface area contributed by atoms with Crippen LogP contribution in [0.1, 0.15) is 52.7 Å². The van der Waals surface area contributed by atoms with Crippen LogP contribution in [0.25, 0.3) is 11.1 Å². The smallest absolute Gasteiger partial charge is 0.504 e. The highest BCUT2D eigenvalue weighted by Gasteiger charge is 2.24. The van der Waals surface area contributed by atoms with Crippen molar-refractivity contribution in [3.63, 3.8) is 0 Å². The van der Waals surface area contributed by atoms with Crippen LogP contribution in [0, 0.1) is 0 Å². The average Bonchev–Trinajstić information content (AvgIpc) is 2.46. The molecule has 2 rings (SSSR count). The Morgan fingerprint density at radius 3 is 1.91 bits per heavy atom. The van der Waals surface area contributed by atoms with Crippen molar-refractivity contribution in [2.75, 3.05) is 0 Å². The largest absolute Gasteiger partial charge is 0.539 e. The predicted octanol–water partition coefficient (Wildman–Crippen LogP) is 4.59. The minimum absolute atomic E-state index is 0.0187. The van der Waals surface area contributed by atoms with Gasteiger partial charge in [-0.25, -0.2) is 0 Å². The monoisotopic (exact) mass is 310 g/mol. The van der Waals surface area contributed by atoms with Crippen LogP contribution < -0.4 is 4.65 Å². The van der Waals surface area contributed by atoms with E-state index in [0.29, 0.717) is 5.75 Å². The lowest BCUT2D eigenvalue weighted by atomic mass is 9.77. The molecule has 0 saturated heterocycles. The van der Waals surface area contributed by atoms with Crippen molar-refractivity contribution in [1.29, 1.82) is 0 Å². The predicted molar refractivity (Wildman–Crippen MR) is 99.3 cm³/mol. The Labute approximate surface area is 140 Å². The van der Waals surface area contributed by atoms with E-state index < -0.39 is 0 Å². The van der Waals surface area contributed by atoms with Crippen molar-refractivity contribution in [2.45, 2.75) is 52.4 Å². The third-order valence-corrected chi connectivity index (χ3v) is 4.06. The first-order chi connectivity index (χ1) is 10.6. The van der Waals surface area contributed by atoms with Gasteiger partial charge in [0.05, 0.1) is 0 Å². The van der Waals surface area contributed by atoms with Gasteiger partial charge < -0.3 is 9.68 Å². The van der Waals surface area contributed by atoms with E-state index in [-0.39, 0.29) is 18.5 Å². The van der Waals surface area contributed by atoms with Crippen molar-refractivity contribution in [2.24, 2.45) is 0 Å². The van der Waals surface area contributed by atoms with Crippen LogP contribution in [0.2, 0.25) is 0 Å². The maximum absolute atomic E-state index is 9.03. The molecule has 0 aliphatic carbocycles. The molecule has 0 spiro atoms. The summed E-state index contributed by atoms with van der Waals surface area (Å²) in [6, 6.07) is 14.7. The summed E-state index contributed by atoms with van der Waals surface area (Å²) in [5.41, 5.74) is 5.11. The molecule has 0 heterocycles. The Morgan fingerprint density at radius 1 is 0.783 bits per heavy atom. The minimum Gasteiger partial charge on any atom is -0.539 e. The maximum Gasteiger partial charge on any atom is 0.504 e. The fraction of sp³-hybridized carbons (Fsp3) is 0.400. The summed E-state index contributed by atoms with van der Waals surface area (Å²) in [4.78, 5) is 0. The second kappa shape index (κ2) is 6.41. The zero-order chi connectivity index (χ0) is 17.3. The Bertz CT molecular complexity index is 679. The van der Waals surface area contributed by atoms with E-state index in [2.05, 4.69) is 71.9 Å². The highest BCUT2D eigenvalue weighted by Crippen LogP contribution is 2.39. The van der Waals surface area contributed by atoms with Gasteiger partial charge in [-0.05, 0) is 45.2 Å². The van der Waals surface area contributed by atoms with Crippen molar-refractivity contribution in [1.82, 2.24) is 0 Å². The fourth-order valence-electron chi connectivity index (χ4n) is 2.92. The van der Waals surface area contributed by atoms with Gasteiger partial charge in [0.15, 0.2) is 0 Å². The molecule has 3 heteroatoms. The zero-order valence-corrected chi connectivity index (χ0v) is 15.1. The molecule has 1 N–H and O–H groups in total. The molecule has 2 aromatic carbocycles. The Hall–Kier alpha value is -1.74. The van der Waals surface area contributed by atoms with Gasteiger partial charge in [0, 0.05) is 0 Å². The highest BCUT2D eigenvalue weighted by molar-refractivity contribution is 6.17. The Kier molecular flexibility index (Phi) is 4.91. The number of hydrogen-bond acceptors (Lipinski definition) is 2. The zero-order valence-electron chi connectivity index (χ0n) is 15.1. The minimum atomic E-state index is -0.304. The van der Waals surface area contributed by atoms with E-state index in [4.69, 9.17) is 9.68 Å². The van der Waals surface area contributed by atoms with Crippen molar-refractivity contribution < 1.29 is 9.68 Å². The van der Waals surface area contributed by atoms with E-state index >= 15 is 0 Å². The SMILES string of the molecule is CC(C)(C)c1ccccc1-c1ccc(OBO)cc1C(C)(C)C. The Balaban J connectivity index is 2.69. The van der Waals surface area contributed by atoms with E-state index in [9.17, 15) is 0 Å². The molecule has 0 fully saturated rings. The molecule has 0 aliphatic rings. The number of hydrogen-bond donors (Lipinski definition) is 1. The first kappa shape index (κ1) is 17.6. The van der Waals surface area contributed by atoms with Gasteiger partial charge in [-0.2, -0.15) is 0 Å². The van der Waals surface area contributed by atoms with E-state index in [1.165, 1.54) is 22.3 Å². The first-order valence-electron chi connectivity index (χ1n) is 8.12. The summed E-state index contributed by atoms with van der Waals surface area (Å²) in [6.45, 7) is 13.3. The average molecular weight is 310 g/mol. The van der Waals surface area contributed by atoms with Gasteiger partial charge in [0.25, 0.3) is 0 Å². The van der Waals surface area contributed by atoms with Gasteiger partial charge in [0.1, 0.15) is 5.75 Å². The molecule has 0 radical (unpaired) electrons. The van der Waals surface area contributed by atoms with Crippen LogP contribution in [0.3, 0.4) is 0 Å². The molecule has 23 heavy (non-hydrogen) atoms. The molecular formula is C20H27BO2. The second-order valence-corrected chi connectivity index (χ2v) is 8.03. The second-order valence-electron chi connectivity index (χ2n) is 8.03. The molecule has 0 aliphatic heterocycles. The molecule has 0 aromatic heterocycles. The molecule has 0 unspecified atom stereocenters. The summed E-state index contributed by atoms with van der Waals surface area (Å²) in [5.74, 6) is 0.703. The van der Waals surface area contributed by atoms with Crippen LogP contribution in [-0.2, 0) is 10.8 Å². The summed E-state index contributed by atoms with van der Waals surface area (Å²) in [5, 5.41) is 9.03. The summed E-state index contributed by atoms with van der Waals surface area (Å²) >= 11 is 0. The van der Waals surface area contributed by atoms with Crippen molar-refractivity contribution >= 4 is 7.69 Å². The molecule has 0 amide bonds. The van der Waals surface area contributed by atoms with Crippen molar-refractivity contribution in [3.05, 3.63) is 53.6 Å². The van der Waals surface area contributed by atoms with Gasteiger partial charge >= 0.3 is 7.69 Å². The van der Waals surface area contributed by atoms with Gasteiger partial charge in [-0.1, -0.05) is 71.9 Å². The molecule has 2 nitrogen and oxygen atoms in total. The van der Waals surface area contributed by atoms with E-state index in [1.807, 2.05) is 12.1 Å². The van der Waals surface area contributed by atoms with E-state index in [0.717, 1.165) is 0 Å². The first-order valence-corrected chi connectivity index (χ1v) is 8.12. The van der Waals surface area contributed by atoms with Crippen LogP contribution in [0.5, 0.6) is 5.75 Å². The summed E-state index contributed by atoms with van der Waals surface area (Å²) in [6.07, 6.45) is 0. The topological polar surface area (TPSA) is 29.5 Å². The van der Waals surface area contributed by atoms with Crippen LogP contribution >= 0.6 is 0 Å². The third-order valence-electron chi connectivity index (χ3n) is 4.06. The van der Waals surface area contributed by atoms with Crippen LogP contribution in [-0.4, -0.2) is 12.7 Å². The van der Waals surface area contributed by atoms with Crippen LogP contribution in [0.4, 0.5) is 0 Å². The third kappa shape index (κ3) is 3.97. The lowest BCUT2D eigenvalue weighted by molar-refractivity contribution is 0.452. The quantitative estimate of drug-likeness (QED) is 0.840. The number of rotatable bonds is 3. The lowest BCUT2D eigenvalue weighted by Gasteiger charge is -2.28. The van der Waals surface area contributed by atoms with Crippen molar-refractivity contribution in [3.8, 4) is 16.9 Å². The highest BCUT2D eigenvalue weighted by atomic mass is 16.5. The lowest BCUT2D eigenvalue weighted by Crippen LogP contribution is -2.16. The molecule has 2 aromatic rings. The molecular weight excluding hydrogens is 283 g/mol. The standard InChI is InChI=1S/C20H27BO2/c1-19(2,3)17-10-8-7-9-15(17)16-12-11-14(23-21-22)13-18(16)20(4,5)6/h7-13,21-22H,1-6H3. The molecule has 0 bridgehead atoms. The maximum atomic E-state index is 9.03. The van der Waals surface area contributed by atoms with E-state index in [1.54, 1.807) is 0 Å². The van der Waals surface area contributed by atoms with Crippen LogP contribution in [0.15, 0.2) is 42.5 Å². The molecule has 0 saturated carbocycles. The fourth-order valence-corrected chi connectivity index (χ4v) is 2.92. The summed E-state index contributed by atoms with van der Waals surface area (Å²) < 4.78 is 5.29. The summed E-state index contributed by atoms with van der Waals surface area (Å²) in [7, 11) is -0.304. The molecule has 122 valence electrons. The molecule has 0 atom stereocenters. The number of benzene rings is 2. The normalized spacial score (nSPS) is 12.1. The Morgan fingerprint density at radius 2 is 1.35 bits per heavy atom. The van der Waals surface area contributed by atoms with Gasteiger partial charge in [-0.3, -0.25) is 0 Å². The van der Waals surface area contributed by atoms with Gasteiger partial charge in [-0.15, -0.1) is 0 Å².